The van der Waals surface area contributed by atoms with Crippen LogP contribution in [0.25, 0.3) is 0 Å². The summed E-state index contributed by atoms with van der Waals surface area (Å²) in [6.45, 7) is 14.0. The van der Waals surface area contributed by atoms with Gasteiger partial charge < -0.3 is 35.0 Å². The van der Waals surface area contributed by atoms with E-state index in [1.165, 1.54) is 0 Å². The van der Waals surface area contributed by atoms with Crippen LogP contribution in [0, 0.1) is 23.7 Å². The Labute approximate surface area is 313 Å². The van der Waals surface area contributed by atoms with Crippen molar-refractivity contribution in [1.29, 1.82) is 0 Å². The highest BCUT2D eigenvalue weighted by molar-refractivity contribution is 5.90. The van der Waals surface area contributed by atoms with Crippen molar-refractivity contribution in [3.8, 4) is 0 Å². The second-order valence-electron chi connectivity index (χ2n) is 15.5. The highest BCUT2D eigenvalue weighted by Crippen LogP contribution is 2.30. The van der Waals surface area contributed by atoms with Crippen LogP contribution in [0.1, 0.15) is 79.7 Å². The Morgan fingerprint density at radius 3 is 2.06 bits per heavy atom. The van der Waals surface area contributed by atoms with E-state index in [-0.39, 0.29) is 60.5 Å². The number of carbonyl (C=O) groups excluding carboxylic acids is 4. The maximum atomic E-state index is 14.2. The predicted molar refractivity (Wildman–Crippen MR) is 204 cm³/mol. The zero-order valence-electron chi connectivity index (χ0n) is 33.9. The summed E-state index contributed by atoms with van der Waals surface area (Å²) in [4.78, 5) is 60.6. The fourth-order valence-electron chi connectivity index (χ4n) is 7.80. The molecule has 0 aromatic heterocycles. The molecule has 1 aromatic carbocycles. The van der Waals surface area contributed by atoms with E-state index in [2.05, 4.69) is 10.6 Å². The Hall–Kier alpha value is -3.06. The smallest absolute Gasteiger partial charge is 0.245 e. The minimum Gasteiger partial charge on any atom is -0.394 e. The average molecular weight is 732 g/mol. The molecular formula is C40H69N5O7. The number of methoxy groups -OCH3 is 2. The molecule has 1 saturated heterocycles. The molecule has 296 valence electrons. The summed E-state index contributed by atoms with van der Waals surface area (Å²) in [5, 5.41) is 16.0. The highest BCUT2D eigenvalue weighted by atomic mass is 16.5. The number of amides is 4. The van der Waals surface area contributed by atoms with Gasteiger partial charge in [0.1, 0.15) is 6.04 Å². The second kappa shape index (κ2) is 21.6. The number of aliphatic hydroxyl groups excluding tert-OH is 1. The van der Waals surface area contributed by atoms with Gasteiger partial charge >= 0.3 is 0 Å². The quantitative estimate of drug-likeness (QED) is 0.175. The first-order valence-electron chi connectivity index (χ1n) is 19.1. The maximum Gasteiger partial charge on any atom is 0.245 e. The van der Waals surface area contributed by atoms with Gasteiger partial charge in [0.15, 0.2) is 0 Å². The molecule has 1 fully saturated rings. The number of aliphatic hydroxyl groups is 1. The Morgan fingerprint density at radius 2 is 1.56 bits per heavy atom. The van der Waals surface area contributed by atoms with Crippen LogP contribution in [-0.2, 0) is 35.1 Å². The van der Waals surface area contributed by atoms with E-state index in [4.69, 9.17) is 9.47 Å². The summed E-state index contributed by atoms with van der Waals surface area (Å²) < 4.78 is 11.9. The van der Waals surface area contributed by atoms with E-state index in [1.54, 1.807) is 38.0 Å². The lowest BCUT2D eigenvalue weighted by Gasteiger charge is -2.41. The first kappa shape index (κ1) is 45.1. The molecule has 4 amide bonds. The molecule has 1 heterocycles. The molecule has 0 bridgehead atoms. The topological polar surface area (TPSA) is 141 Å². The third kappa shape index (κ3) is 12.0. The molecular weight excluding hydrogens is 662 g/mol. The summed E-state index contributed by atoms with van der Waals surface area (Å²) >= 11 is 0. The van der Waals surface area contributed by atoms with Gasteiger partial charge in [0.25, 0.3) is 0 Å². The van der Waals surface area contributed by atoms with Crippen LogP contribution in [0.3, 0.4) is 0 Å². The summed E-state index contributed by atoms with van der Waals surface area (Å²) in [6.07, 6.45) is 1.54. The van der Waals surface area contributed by atoms with Crippen molar-refractivity contribution < 1.29 is 33.8 Å². The van der Waals surface area contributed by atoms with Crippen LogP contribution in [0.15, 0.2) is 30.3 Å². The minimum absolute atomic E-state index is 0.0134. The molecule has 0 unspecified atom stereocenters. The molecule has 1 aliphatic heterocycles. The fourth-order valence-corrected chi connectivity index (χ4v) is 7.80. The lowest BCUT2D eigenvalue weighted by Crippen LogP contribution is -2.59. The van der Waals surface area contributed by atoms with Crippen LogP contribution in [0.2, 0.25) is 0 Å². The third-order valence-electron chi connectivity index (χ3n) is 10.8. The molecule has 0 saturated carbocycles. The maximum absolute atomic E-state index is 14.2. The molecule has 0 radical (unpaired) electrons. The number of carbonyl (C=O) groups is 4. The Bertz CT molecular complexity index is 1250. The number of hydrogen-bond donors (Lipinski definition) is 3. The van der Waals surface area contributed by atoms with E-state index in [1.807, 2.05) is 90.9 Å². The van der Waals surface area contributed by atoms with Gasteiger partial charge in [0, 0.05) is 27.8 Å². The van der Waals surface area contributed by atoms with Crippen molar-refractivity contribution in [3.63, 3.8) is 0 Å². The molecule has 1 aliphatic rings. The monoisotopic (exact) mass is 732 g/mol. The molecule has 2 rings (SSSR count). The number of rotatable bonds is 21. The largest absolute Gasteiger partial charge is 0.394 e. The van der Waals surface area contributed by atoms with Crippen LogP contribution >= 0.6 is 0 Å². The van der Waals surface area contributed by atoms with Crippen LogP contribution in [0.5, 0.6) is 0 Å². The average Bonchev–Trinajstić information content (AvgIpc) is 3.59. The Balaban J connectivity index is 2.25. The molecule has 52 heavy (non-hydrogen) atoms. The fraction of sp³-hybridized carbons (Fsp3) is 0.750. The molecule has 3 N–H and O–H groups in total. The number of hydrogen-bond acceptors (Lipinski definition) is 8. The zero-order valence-corrected chi connectivity index (χ0v) is 33.9. The zero-order chi connectivity index (χ0) is 39.3. The number of nitrogens with zero attached hydrogens (tertiary/aromatic N) is 3. The van der Waals surface area contributed by atoms with Crippen LogP contribution < -0.4 is 10.6 Å². The van der Waals surface area contributed by atoms with Gasteiger partial charge in [-0.1, -0.05) is 85.2 Å². The van der Waals surface area contributed by atoms with Gasteiger partial charge in [-0.15, -0.1) is 0 Å². The summed E-state index contributed by atoms with van der Waals surface area (Å²) in [7, 11) is 8.58. The van der Waals surface area contributed by atoms with E-state index in [0.717, 1.165) is 18.4 Å². The second-order valence-corrected chi connectivity index (χ2v) is 15.5. The molecule has 0 spiro atoms. The normalized spacial score (nSPS) is 19.5. The molecule has 0 aliphatic carbocycles. The molecule has 9 atom stereocenters. The standard InChI is InChI=1S/C40H69N5O7/c1-13-27(6)36(44(10)40(50)34(25(2)3)42-39(49)35(26(4)5)43(8)9)32(51-11)23-33(47)45-21-17-20-31(45)37(52-12)28(7)38(48)41-30(24-46)22-29-18-15-14-16-19-29/h14-16,18-19,25-28,30-32,34-37,46H,13,17,20-24H2,1-12H3,(H,41,48)(H,42,49)/t27-,28+,30+,31-,32+,34-,35-,36-,37+/m0/s1. The van der Waals surface area contributed by atoms with Gasteiger partial charge in [-0.05, 0) is 56.7 Å². The van der Waals surface area contributed by atoms with Gasteiger partial charge in [-0.2, -0.15) is 0 Å². The number of nitrogens with one attached hydrogen (secondary N) is 2. The van der Waals surface area contributed by atoms with Gasteiger partial charge in [0.2, 0.25) is 23.6 Å². The van der Waals surface area contributed by atoms with Crippen molar-refractivity contribution in [2.45, 2.75) is 123 Å². The molecule has 12 nitrogen and oxygen atoms in total. The number of ether oxygens (including phenoxy) is 2. The summed E-state index contributed by atoms with van der Waals surface area (Å²) in [5.74, 6) is -1.52. The SMILES string of the molecule is CC[C@H](C)[C@@H]([C@@H](CC(=O)N1CCC[C@H]1[C@H](OC)[C@@H](C)C(=O)N[C@@H](CO)Cc1ccccc1)OC)N(C)C(=O)[C@@H](NC(=O)[C@H](C(C)C)N(C)C)C(C)C. The van der Waals surface area contributed by atoms with Gasteiger partial charge in [-0.3, -0.25) is 24.1 Å². The summed E-state index contributed by atoms with van der Waals surface area (Å²) in [6, 6.07) is 7.32. The van der Waals surface area contributed by atoms with Crippen LogP contribution in [-0.4, -0.2) is 134 Å². The number of likely N-dealkylation sites (tertiary alicyclic amines) is 1. The van der Waals surface area contributed by atoms with Crippen molar-refractivity contribution in [3.05, 3.63) is 35.9 Å². The first-order valence-corrected chi connectivity index (χ1v) is 19.1. The summed E-state index contributed by atoms with van der Waals surface area (Å²) in [5.41, 5.74) is 1.01. The van der Waals surface area contributed by atoms with Crippen molar-refractivity contribution in [2.24, 2.45) is 23.7 Å². The minimum atomic E-state index is -0.755. The third-order valence-corrected chi connectivity index (χ3v) is 10.8. The lowest BCUT2D eigenvalue weighted by molar-refractivity contribution is -0.148. The lowest BCUT2D eigenvalue weighted by atomic mass is 9.89. The Kier molecular flexibility index (Phi) is 18.7. The van der Waals surface area contributed by atoms with Crippen molar-refractivity contribution >= 4 is 23.6 Å². The first-order chi connectivity index (χ1) is 24.5. The van der Waals surface area contributed by atoms with Crippen molar-refractivity contribution in [1.82, 2.24) is 25.3 Å². The van der Waals surface area contributed by atoms with E-state index >= 15 is 0 Å². The highest BCUT2D eigenvalue weighted by Gasteiger charge is 2.43. The van der Waals surface area contributed by atoms with E-state index < -0.39 is 42.3 Å². The van der Waals surface area contributed by atoms with E-state index in [9.17, 15) is 24.3 Å². The molecule has 1 aromatic rings. The van der Waals surface area contributed by atoms with Gasteiger partial charge in [0.05, 0.1) is 55.3 Å². The Morgan fingerprint density at radius 1 is 0.923 bits per heavy atom. The molecule has 12 heteroatoms. The number of likely N-dealkylation sites (N-methyl/N-ethyl adjacent to an activating group) is 2. The van der Waals surface area contributed by atoms with Crippen molar-refractivity contribution in [2.75, 3.05) is 48.5 Å². The van der Waals surface area contributed by atoms with Crippen LogP contribution in [0.4, 0.5) is 0 Å². The number of benzene rings is 1. The van der Waals surface area contributed by atoms with Gasteiger partial charge in [-0.25, -0.2) is 0 Å². The van der Waals surface area contributed by atoms with E-state index in [0.29, 0.717) is 19.4 Å². The predicted octanol–water partition coefficient (Wildman–Crippen LogP) is 3.35.